The number of para-hydroxylation sites is 2. The summed E-state index contributed by atoms with van der Waals surface area (Å²) in [6.07, 6.45) is 1.86. The lowest BCUT2D eigenvalue weighted by atomic mass is 10.2. The quantitative estimate of drug-likeness (QED) is 0.551. The molecule has 2 heterocycles. The third kappa shape index (κ3) is 4.29. The Labute approximate surface area is 169 Å². The molecule has 0 unspecified atom stereocenters. The van der Waals surface area contributed by atoms with Gasteiger partial charge in [0.1, 0.15) is 0 Å². The zero-order valence-electron chi connectivity index (χ0n) is 14.7. The molecule has 3 amide bonds. The van der Waals surface area contributed by atoms with Crippen molar-refractivity contribution in [3.05, 3.63) is 63.7 Å². The highest BCUT2D eigenvalue weighted by Gasteiger charge is 2.29. The number of nitrogens with one attached hydrogen (secondary N) is 3. The van der Waals surface area contributed by atoms with Crippen LogP contribution in [0.25, 0.3) is 0 Å². The van der Waals surface area contributed by atoms with Gasteiger partial charge in [-0.25, -0.2) is 0 Å². The molecule has 0 aliphatic heterocycles. The molecule has 6 nitrogen and oxygen atoms in total. The minimum absolute atomic E-state index is 0.00967. The largest absolute Gasteiger partial charge is 0.319 e. The van der Waals surface area contributed by atoms with E-state index in [9.17, 15) is 14.4 Å². The zero-order valence-corrected chi connectivity index (χ0v) is 16.4. The number of anilines is 3. The number of carbonyl (C=O) groups is 3. The molecule has 4 rings (SSSR count). The molecule has 1 aliphatic rings. The van der Waals surface area contributed by atoms with Gasteiger partial charge >= 0.3 is 0 Å². The number of amides is 3. The Bertz CT molecular complexity index is 1020. The van der Waals surface area contributed by atoms with Gasteiger partial charge in [-0.3, -0.25) is 14.4 Å². The molecule has 2 aromatic heterocycles. The van der Waals surface area contributed by atoms with Gasteiger partial charge in [0.05, 0.1) is 26.1 Å². The number of hydrogen-bond donors (Lipinski definition) is 3. The molecule has 1 aliphatic carbocycles. The topological polar surface area (TPSA) is 87.3 Å². The Balaban J connectivity index is 1.44. The third-order valence-corrected chi connectivity index (χ3v) is 6.06. The van der Waals surface area contributed by atoms with Gasteiger partial charge in [0.25, 0.3) is 11.8 Å². The first-order valence-electron chi connectivity index (χ1n) is 8.76. The lowest BCUT2D eigenvalue weighted by Gasteiger charge is -2.11. The molecule has 3 N–H and O–H groups in total. The van der Waals surface area contributed by atoms with Crippen LogP contribution in [-0.2, 0) is 4.79 Å². The van der Waals surface area contributed by atoms with Crippen LogP contribution < -0.4 is 16.0 Å². The van der Waals surface area contributed by atoms with Crippen molar-refractivity contribution in [1.82, 2.24) is 0 Å². The summed E-state index contributed by atoms with van der Waals surface area (Å²) in [7, 11) is 0. The molecule has 0 radical (unpaired) electrons. The molecular weight excluding hydrogens is 394 g/mol. The van der Waals surface area contributed by atoms with E-state index in [1.54, 1.807) is 42.5 Å². The summed E-state index contributed by atoms with van der Waals surface area (Å²) in [5, 5.41) is 11.0. The molecule has 0 bridgehead atoms. The van der Waals surface area contributed by atoms with Gasteiger partial charge in [-0.1, -0.05) is 18.2 Å². The van der Waals surface area contributed by atoms with Crippen molar-refractivity contribution in [3.63, 3.8) is 0 Å². The number of carbonyl (C=O) groups excluding carboxylic acids is 3. The van der Waals surface area contributed by atoms with E-state index in [0.29, 0.717) is 26.1 Å². The number of benzene rings is 1. The SMILES string of the molecule is O=C(Nc1ccccc1NC(=O)c1ccc(NC(=O)C2CC2)s1)c1cccs1. The molecule has 0 atom stereocenters. The van der Waals surface area contributed by atoms with Crippen molar-refractivity contribution in [1.29, 1.82) is 0 Å². The van der Waals surface area contributed by atoms with Crippen molar-refractivity contribution < 1.29 is 14.4 Å². The molecule has 1 fully saturated rings. The van der Waals surface area contributed by atoms with E-state index in [4.69, 9.17) is 0 Å². The summed E-state index contributed by atoms with van der Waals surface area (Å²) in [5.41, 5.74) is 1.03. The second kappa shape index (κ2) is 7.95. The van der Waals surface area contributed by atoms with Gasteiger partial charge in [0.2, 0.25) is 5.91 Å². The molecule has 28 heavy (non-hydrogen) atoms. The fourth-order valence-electron chi connectivity index (χ4n) is 2.57. The molecule has 3 aromatic rings. The van der Waals surface area contributed by atoms with Gasteiger partial charge in [-0.05, 0) is 48.6 Å². The first-order valence-corrected chi connectivity index (χ1v) is 10.5. The van der Waals surface area contributed by atoms with Crippen LogP contribution in [0.5, 0.6) is 0 Å². The lowest BCUT2D eigenvalue weighted by molar-refractivity contribution is -0.117. The zero-order chi connectivity index (χ0) is 19.5. The highest BCUT2D eigenvalue weighted by Crippen LogP contribution is 2.32. The van der Waals surface area contributed by atoms with Crippen molar-refractivity contribution in [3.8, 4) is 0 Å². The summed E-state index contributed by atoms with van der Waals surface area (Å²) in [5.74, 6) is -0.402. The standard InChI is InChI=1S/C20H17N3O3S2/c24-18(12-7-8-12)23-17-10-9-16(28-17)20(26)22-14-5-2-1-4-13(14)21-19(25)15-6-3-11-27-15/h1-6,9-12H,7-8H2,(H,21,25)(H,22,26)(H,23,24). The average Bonchev–Trinajstić information content (AvgIpc) is 3.19. The first kappa shape index (κ1) is 18.4. The van der Waals surface area contributed by atoms with E-state index < -0.39 is 0 Å². The maximum Gasteiger partial charge on any atom is 0.265 e. The minimum atomic E-state index is -0.297. The van der Waals surface area contributed by atoms with Gasteiger partial charge in [-0.2, -0.15) is 0 Å². The molecule has 0 saturated heterocycles. The summed E-state index contributed by atoms with van der Waals surface area (Å²) in [4.78, 5) is 37.8. The summed E-state index contributed by atoms with van der Waals surface area (Å²) < 4.78 is 0. The van der Waals surface area contributed by atoms with E-state index in [0.717, 1.165) is 12.8 Å². The predicted octanol–water partition coefficient (Wildman–Crippen LogP) is 4.66. The van der Waals surface area contributed by atoms with Gasteiger partial charge in [-0.15, -0.1) is 22.7 Å². The maximum atomic E-state index is 12.6. The van der Waals surface area contributed by atoms with E-state index in [-0.39, 0.29) is 23.6 Å². The minimum Gasteiger partial charge on any atom is -0.319 e. The van der Waals surface area contributed by atoms with E-state index in [1.165, 1.54) is 22.7 Å². The monoisotopic (exact) mass is 411 g/mol. The van der Waals surface area contributed by atoms with Crippen LogP contribution in [0.3, 0.4) is 0 Å². The molecule has 1 saturated carbocycles. The fourth-order valence-corrected chi connectivity index (χ4v) is 4.00. The van der Waals surface area contributed by atoms with Gasteiger partial charge < -0.3 is 16.0 Å². The van der Waals surface area contributed by atoms with E-state index >= 15 is 0 Å². The van der Waals surface area contributed by atoms with E-state index in [2.05, 4.69) is 16.0 Å². The van der Waals surface area contributed by atoms with Crippen LogP contribution >= 0.6 is 22.7 Å². The van der Waals surface area contributed by atoms with Crippen LogP contribution in [0, 0.1) is 5.92 Å². The third-order valence-electron chi connectivity index (χ3n) is 4.19. The molecule has 1 aromatic carbocycles. The summed E-state index contributed by atoms with van der Waals surface area (Å²) >= 11 is 2.57. The Morgan fingerprint density at radius 3 is 2.07 bits per heavy atom. The van der Waals surface area contributed by atoms with Crippen LogP contribution in [0.1, 0.15) is 32.2 Å². The van der Waals surface area contributed by atoms with Crippen LogP contribution in [0.2, 0.25) is 0 Å². The van der Waals surface area contributed by atoms with Gasteiger partial charge in [0.15, 0.2) is 0 Å². The number of rotatable bonds is 6. The van der Waals surface area contributed by atoms with Crippen molar-refractivity contribution in [2.75, 3.05) is 16.0 Å². The molecule has 0 spiro atoms. The Hall–Kier alpha value is -2.97. The van der Waals surface area contributed by atoms with Crippen molar-refractivity contribution >= 4 is 56.8 Å². The highest BCUT2D eigenvalue weighted by molar-refractivity contribution is 7.18. The maximum absolute atomic E-state index is 12.6. The normalized spacial score (nSPS) is 13.0. The Morgan fingerprint density at radius 1 is 0.786 bits per heavy atom. The van der Waals surface area contributed by atoms with Crippen LogP contribution in [0.4, 0.5) is 16.4 Å². The molecular formula is C20H17N3O3S2. The van der Waals surface area contributed by atoms with Crippen LogP contribution in [-0.4, -0.2) is 17.7 Å². The van der Waals surface area contributed by atoms with Gasteiger partial charge in [0, 0.05) is 5.92 Å². The summed E-state index contributed by atoms with van der Waals surface area (Å²) in [6.45, 7) is 0. The van der Waals surface area contributed by atoms with E-state index in [1.807, 2.05) is 11.4 Å². The number of hydrogen-bond acceptors (Lipinski definition) is 5. The molecule has 8 heteroatoms. The average molecular weight is 412 g/mol. The number of thiophene rings is 2. The first-order chi connectivity index (χ1) is 13.6. The molecule has 142 valence electrons. The summed E-state index contributed by atoms with van der Waals surface area (Å²) in [6, 6.07) is 14.0. The van der Waals surface area contributed by atoms with Crippen LogP contribution in [0.15, 0.2) is 53.9 Å². The second-order valence-electron chi connectivity index (χ2n) is 6.36. The lowest BCUT2D eigenvalue weighted by Crippen LogP contribution is -2.15. The highest BCUT2D eigenvalue weighted by atomic mass is 32.1. The Morgan fingerprint density at radius 2 is 1.46 bits per heavy atom. The Kier molecular flexibility index (Phi) is 5.23. The van der Waals surface area contributed by atoms with Crippen molar-refractivity contribution in [2.45, 2.75) is 12.8 Å². The predicted molar refractivity (Wildman–Crippen MR) is 112 cm³/mol. The smallest absolute Gasteiger partial charge is 0.265 e. The van der Waals surface area contributed by atoms with Crippen molar-refractivity contribution in [2.24, 2.45) is 5.92 Å². The fraction of sp³-hybridized carbons (Fsp3) is 0.150. The second-order valence-corrected chi connectivity index (χ2v) is 8.39.